The maximum absolute atomic E-state index is 6.02. The minimum absolute atomic E-state index is 0.477. The Morgan fingerprint density at radius 3 is 2.95 bits per heavy atom. The normalized spacial score (nSPS) is 10.8. The highest BCUT2D eigenvalue weighted by molar-refractivity contribution is 7.98. The monoisotopic (exact) mass is 336 g/mol. The lowest BCUT2D eigenvalue weighted by Gasteiger charge is -2.08. The van der Waals surface area contributed by atoms with E-state index in [1.165, 1.54) is 16.4 Å². The zero-order valence-electron chi connectivity index (χ0n) is 11.7. The van der Waals surface area contributed by atoms with Crippen molar-refractivity contribution in [1.82, 2.24) is 14.9 Å². The first-order valence-electron chi connectivity index (χ1n) is 6.38. The lowest BCUT2D eigenvalue weighted by Crippen LogP contribution is -2.11. The number of furan rings is 1. The van der Waals surface area contributed by atoms with Gasteiger partial charge in [-0.25, -0.2) is 4.68 Å². The molecule has 6 nitrogen and oxygen atoms in total. The summed E-state index contributed by atoms with van der Waals surface area (Å²) >= 11 is 7.46. The highest BCUT2D eigenvalue weighted by Gasteiger charge is 2.15. The van der Waals surface area contributed by atoms with Crippen LogP contribution in [0.1, 0.15) is 5.56 Å². The van der Waals surface area contributed by atoms with E-state index in [2.05, 4.69) is 10.2 Å². The third kappa shape index (κ3) is 2.90. The minimum Gasteiger partial charge on any atom is -0.496 e. The zero-order valence-corrected chi connectivity index (χ0v) is 13.3. The topological polar surface area (TPSA) is 79.1 Å². The molecule has 2 aromatic heterocycles. The van der Waals surface area contributed by atoms with Crippen LogP contribution in [-0.2, 0) is 5.75 Å². The molecular formula is C14H13ClN4O2S. The quantitative estimate of drug-likeness (QED) is 0.569. The lowest BCUT2D eigenvalue weighted by atomic mass is 10.2. The zero-order chi connectivity index (χ0) is 15.5. The molecule has 0 amide bonds. The standard InChI is InChI=1S/C14H13ClN4O2S/c1-20-11-5-4-10(15)7-9(11)8-22-14-18-17-13(19(14)16)12-3-2-6-21-12/h2-7H,8,16H2,1H3. The van der Waals surface area contributed by atoms with Gasteiger partial charge in [0, 0.05) is 16.3 Å². The highest BCUT2D eigenvalue weighted by atomic mass is 35.5. The minimum atomic E-state index is 0.477. The molecule has 0 spiro atoms. The molecule has 0 unspecified atom stereocenters. The van der Waals surface area contributed by atoms with Crippen LogP contribution in [0.2, 0.25) is 5.02 Å². The molecule has 3 aromatic rings. The second kappa shape index (κ2) is 6.33. The Balaban J connectivity index is 1.79. The Morgan fingerprint density at radius 2 is 2.23 bits per heavy atom. The number of ether oxygens (including phenoxy) is 1. The summed E-state index contributed by atoms with van der Waals surface area (Å²) in [6.45, 7) is 0. The summed E-state index contributed by atoms with van der Waals surface area (Å²) in [6.07, 6.45) is 1.56. The number of thioether (sulfide) groups is 1. The van der Waals surface area contributed by atoms with Crippen molar-refractivity contribution in [1.29, 1.82) is 0 Å². The second-order valence-corrected chi connectivity index (χ2v) is 5.78. The van der Waals surface area contributed by atoms with Gasteiger partial charge in [0.1, 0.15) is 5.75 Å². The van der Waals surface area contributed by atoms with Crippen LogP contribution in [0.3, 0.4) is 0 Å². The van der Waals surface area contributed by atoms with Crippen molar-refractivity contribution >= 4 is 23.4 Å². The van der Waals surface area contributed by atoms with Gasteiger partial charge in [0.15, 0.2) is 5.76 Å². The van der Waals surface area contributed by atoms with Crippen molar-refractivity contribution < 1.29 is 9.15 Å². The molecule has 0 saturated heterocycles. The van der Waals surface area contributed by atoms with E-state index in [0.717, 1.165) is 11.3 Å². The number of benzene rings is 1. The molecule has 0 aliphatic heterocycles. The summed E-state index contributed by atoms with van der Waals surface area (Å²) in [5.74, 6) is 8.44. The van der Waals surface area contributed by atoms with Gasteiger partial charge in [0.2, 0.25) is 11.0 Å². The average molecular weight is 337 g/mol. The molecule has 8 heteroatoms. The van der Waals surface area contributed by atoms with Gasteiger partial charge < -0.3 is 15.0 Å². The Labute approximate surface area is 136 Å². The number of methoxy groups -OCH3 is 1. The number of nitrogens with two attached hydrogens (primary N) is 1. The molecule has 2 N–H and O–H groups in total. The molecule has 22 heavy (non-hydrogen) atoms. The number of hydrogen-bond acceptors (Lipinski definition) is 6. The lowest BCUT2D eigenvalue weighted by molar-refractivity contribution is 0.411. The van der Waals surface area contributed by atoms with Gasteiger partial charge in [-0.1, -0.05) is 23.4 Å². The fraction of sp³-hybridized carbons (Fsp3) is 0.143. The summed E-state index contributed by atoms with van der Waals surface area (Å²) in [6, 6.07) is 9.03. The number of nitrogen functional groups attached to an aromatic ring is 1. The van der Waals surface area contributed by atoms with E-state index in [1.54, 1.807) is 31.6 Å². The molecule has 2 heterocycles. The highest BCUT2D eigenvalue weighted by Crippen LogP contribution is 2.30. The van der Waals surface area contributed by atoms with Crippen molar-refractivity contribution in [3.8, 4) is 17.3 Å². The molecule has 114 valence electrons. The largest absolute Gasteiger partial charge is 0.496 e. The fourth-order valence-corrected chi connectivity index (χ4v) is 2.98. The van der Waals surface area contributed by atoms with Crippen LogP contribution in [0.5, 0.6) is 5.75 Å². The van der Waals surface area contributed by atoms with Gasteiger partial charge in [-0.05, 0) is 30.3 Å². The Morgan fingerprint density at radius 1 is 1.36 bits per heavy atom. The number of aromatic nitrogens is 3. The summed E-state index contributed by atoms with van der Waals surface area (Å²) in [5.41, 5.74) is 0.961. The van der Waals surface area contributed by atoms with E-state index < -0.39 is 0 Å². The molecular weight excluding hydrogens is 324 g/mol. The van der Waals surface area contributed by atoms with E-state index in [-0.39, 0.29) is 0 Å². The molecule has 3 rings (SSSR count). The van der Waals surface area contributed by atoms with Gasteiger partial charge in [0.05, 0.1) is 13.4 Å². The van der Waals surface area contributed by atoms with Gasteiger partial charge >= 0.3 is 0 Å². The number of nitrogens with zero attached hydrogens (tertiary/aromatic N) is 3. The first kappa shape index (κ1) is 14.8. The van der Waals surface area contributed by atoms with Crippen LogP contribution in [0.25, 0.3) is 11.6 Å². The molecule has 0 aliphatic carbocycles. The SMILES string of the molecule is COc1ccc(Cl)cc1CSc1nnc(-c2ccco2)n1N. The summed E-state index contributed by atoms with van der Waals surface area (Å²) in [7, 11) is 1.62. The fourth-order valence-electron chi connectivity index (χ4n) is 1.95. The van der Waals surface area contributed by atoms with E-state index in [0.29, 0.717) is 27.5 Å². The summed E-state index contributed by atoms with van der Waals surface area (Å²) in [4.78, 5) is 0. The molecule has 0 radical (unpaired) electrons. The van der Waals surface area contributed by atoms with Crippen LogP contribution in [0.4, 0.5) is 0 Å². The Kier molecular flexibility index (Phi) is 4.26. The molecule has 0 aliphatic rings. The van der Waals surface area contributed by atoms with Crippen molar-refractivity contribution in [3.63, 3.8) is 0 Å². The van der Waals surface area contributed by atoms with Crippen molar-refractivity contribution in [2.75, 3.05) is 13.0 Å². The van der Waals surface area contributed by atoms with Gasteiger partial charge in [-0.15, -0.1) is 10.2 Å². The number of rotatable bonds is 5. The molecule has 0 atom stereocenters. The van der Waals surface area contributed by atoms with E-state index in [9.17, 15) is 0 Å². The molecule has 0 bridgehead atoms. The predicted molar refractivity (Wildman–Crippen MR) is 85.4 cm³/mol. The van der Waals surface area contributed by atoms with Gasteiger partial charge in [0.25, 0.3) is 0 Å². The van der Waals surface area contributed by atoms with Crippen molar-refractivity contribution in [2.24, 2.45) is 0 Å². The van der Waals surface area contributed by atoms with Crippen molar-refractivity contribution in [2.45, 2.75) is 10.9 Å². The Bertz CT molecular complexity index is 773. The van der Waals surface area contributed by atoms with Crippen molar-refractivity contribution in [3.05, 3.63) is 47.2 Å². The maximum Gasteiger partial charge on any atom is 0.218 e. The number of hydrogen-bond donors (Lipinski definition) is 1. The first-order chi connectivity index (χ1) is 10.7. The summed E-state index contributed by atoms with van der Waals surface area (Å²) in [5, 5.41) is 9.36. The van der Waals surface area contributed by atoms with E-state index in [1.807, 2.05) is 12.1 Å². The van der Waals surface area contributed by atoms with E-state index >= 15 is 0 Å². The van der Waals surface area contributed by atoms with Gasteiger partial charge in [-0.3, -0.25) is 0 Å². The van der Waals surface area contributed by atoms with Crippen LogP contribution < -0.4 is 10.6 Å². The number of halogens is 1. The molecule has 0 saturated carbocycles. The first-order valence-corrected chi connectivity index (χ1v) is 7.75. The predicted octanol–water partition coefficient (Wildman–Crippen LogP) is 3.21. The van der Waals surface area contributed by atoms with Gasteiger partial charge in [-0.2, -0.15) is 0 Å². The third-order valence-electron chi connectivity index (χ3n) is 3.01. The average Bonchev–Trinajstić information content (AvgIpc) is 3.15. The van der Waals surface area contributed by atoms with Crippen LogP contribution in [0.15, 0.2) is 46.2 Å². The van der Waals surface area contributed by atoms with E-state index in [4.69, 9.17) is 26.6 Å². The van der Waals surface area contributed by atoms with Crippen LogP contribution in [-0.4, -0.2) is 22.0 Å². The molecule has 1 aromatic carbocycles. The smallest absolute Gasteiger partial charge is 0.218 e. The van der Waals surface area contributed by atoms with Crippen LogP contribution >= 0.6 is 23.4 Å². The van der Waals surface area contributed by atoms with Crippen LogP contribution in [0, 0.1) is 0 Å². The molecule has 0 fully saturated rings. The maximum atomic E-state index is 6.02. The summed E-state index contributed by atoms with van der Waals surface area (Å²) < 4.78 is 12.0. The Hall–Kier alpha value is -2.12. The third-order valence-corrected chi connectivity index (χ3v) is 4.23. The second-order valence-electron chi connectivity index (χ2n) is 4.40.